The van der Waals surface area contributed by atoms with Gasteiger partial charge in [-0.05, 0) is 19.1 Å². The minimum Gasteiger partial charge on any atom is -0.497 e. The molecule has 5 heteroatoms. The number of nitrogens with zero attached hydrogens (tertiary/aromatic N) is 1. The maximum absolute atomic E-state index is 6.21. The van der Waals surface area contributed by atoms with Crippen LogP contribution in [0.4, 0.5) is 0 Å². The van der Waals surface area contributed by atoms with Gasteiger partial charge in [0.2, 0.25) is 0 Å². The smallest absolute Gasteiger partial charge is 0.124 e. The molecule has 2 aromatic rings. The van der Waals surface area contributed by atoms with E-state index < -0.39 is 0 Å². The number of rotatable bonds is 6. The number of halogens is 1. The van der Waals surface area contributed by atoms with Gasteiger partial charge in [0.05, 0.1) is 19.9 Å². The fourth-order valence-electron chi connectivity index (χ4n) is 2.13. The SMILES string of the molecule is COc1cc(C)nc(CNCc2c(Cl)cccc2OC)c1. The molecular formula is C16H19ClN2O2. The number of hydrogen-bond acceptors (Lipinski definition) is 4. The van der Waals surface area contributed by atoms with E-state index in [4.69, 9.17) is 21.1 Å². The minimum atomic E-state index is 0.612. The quantitative estimate of drug-likeness (QED) is 0.889. The summed E-state index contributed by atoms with van der Waals surface area (Å²) < 4.78 is 10.6. The molecule has 0 aliphatic carbocycles. The van der Waals surface area contributed by atoms with Crippen molar-refractivity contribution in [1.29, 1.82) is 0 Å². The summed E-state index contributed by atoms with van der Waals surface area (Å²) in [5, 5.41) is 4.02. The highest BCUT2D eigenvalue weighted by Crippen LogP contribution is 2.26. The molecule has 0 bridgehead atoms. The molecule has 1 aromatic heterocycles. The van der Waals surface area contributed by atoms with Crippen molar-refractivity contribution < 1.29 is 9.47 Å². The molecule has 0 aliphatic rings. The van der Waals surface area contributed by atoms with E-state index in [1.807, 2.05) is 37.3 Å². The summed E-state index contributed by atoms with van der Waals surface area (Å²) in [4.78, 5) is 4.47. The largest absolute Gasteiger partial charge is 0.497 e. The Morgan fingerprint density at radius 3 is 2.67 bits per heavy atom. The Hall–Kier alpha value is -1.78. The van der Waals surface area contributed by atoms with Crippen LogP contribution in [0.15, 0.2) is 30.3 Å². The maximum atomic E-state index is 6.21. The summed E-state index contributed by atoms with van der Waals surface area (Å²) >= 11 is 6.21. The Balaban J connectivity index is 2.03. The molecule has 0 amide bonds. The molecule has 2 rings (SSSR count). The molecule has 0 atom stereocenters. The normalized spacial score (nSPS) is 10.5. The molecule has 0 unspecified atom stereocenters. The predicted octanol–water partition coefficient (Wildman–Crippen LogP) is 3.35. The van der Waals surface area contributed by atoms with Gasteiger partial charge < -0.3 is 14.8 Å². The van der Waals surface area contributed by atoms with E-state index >= 15 is 0 Å². The van der Waals surface area contributed by atoms with Crippen LogP contribution < -0.4 is 14.8 Å². The molecule has 21 heavy (non-hydrogen) atoms. The monoisotopic (exact) mass is 306 g/mol. The van der Waals surface area contributed by atoms with Crippen LogP contribution in [0.5, 0.6) is 11.5 Å². The molecule has 112 valence electrons. The fraction of sp³-hybridized carbons (Fsp3) is 0.312. The number of aryl methyl sites for hydroxylation is 1. The highest BCUT2D eigenvalue weighted by Gasteiger charge is 2.07. The highest BCUT2D eigenvalue weighted by atomic mass is 35.5. The first kappa shape index (κ1) is 15.6. The van der Waals surface area contributed by atoms with Crippen LogP contribution in [-0.2, 0) is 13.1 Å². The average Bonchev–Trinajstić information content (AvgIpc) is 2.48. The van der Waals surface area contributed by atoms with Crippen LogP contribution >= 0.6 is 11.6 Å². The molecule has 1 N–H and O–H groups in total. The Kier molecular flexibility index (Phi) is 5.42. The summed E-state index contributed by atoms with van der Waals surface area (Å²) in [6.45, 7) is 3.19. The van der Waals surface area contributed by atoms with E-state index in [-0.39, 0.29) is 0 Å². The maximum Gasteiger partial charge on any atom is 0.124 e. The van der Waals surface area contributed by atoms with Crippen molar-refractivity contribution in [3.8, 4) is 11.5 Å². The zero-order valence-corrected chi connectivity index (χ0v) is 13.2. The van der Waals surface area contributed by atoms with E-state index in [9.17, 15) is 0 Å². The predicted molar refractivity (Wildman–Crippen MR) is 84.1 cm³/mol. The summed E-state index contributed by atoms with van der Waals surface area (Å²) in [6, 6.07) is 9.45. The van der Waals surface area contributed by atoms with Crippen LogP contribution in [0, 0.1) is 6.92 Å². The van der Waals surface area contributed by atoms with Gasteiger partial charge in [0, 0.05) is 41.5 Å². The first-order valence-electron chi connectivity index (χ1n) is 6.67. The van der Waals surface area contributed by atoms with Gasteiger partial charge in [-0.25, -0.2) is 0 Å². The Morgan fingerprint density at radius 1 is 1.14 bits per heavy atom. The lowest BCUT2D eigenvalue weighted by Crippen LogP contribution is -2.15. The molecule has 4 nitrogen and oxygen atoms in total. The van der Waals surface area contributed by atoms with E-state index in [1.165, 1.54) is 0 Å². The minimum absolute atomic E-state index is 0.612. The van der Waals surface area contributed by atoms with Crippen LogP contribution in [0.25, 0.3) is 0 Å². The van der Waals surface area contributed by atoms with Crippen LogP contribution in [0.2, 0.25) is 5.02 Å². The van der Waals surface area contributed by atoms with Crippen LogP contribution in [-0.4, -0.2) is 19.2 Å². The van der Waals surface area contributed by atoms with E-state index in [0.717, 1.165) is 28.5 Å². The van der Waals surface area contributed by atoms with Gasteiger partial charge in [-0.1, -0.05) is 17.7 Å². The number of pyridine rings is 1. The fourth-order valence-corrected chi connectivity index (χ4v) is 2.36. The summed E-state index contributed by atoms with van der Waals surface area (Å²) in [6.07, 6.45) is 0. The summed E-state index contributed by atoms with van der Waals surface area (Å²) in [5.41, 5.74) is 2.81. The zero-order valence-electron chi connectivity index (χ0n) is 12.4. The Bertz CT molecular complexity index is 617. The standard InChI is InChI=1S/C16H19ClN2O2/c1-11-7-13(20-2)8-12(19-11)9-18-10-14-15(17)5-4-6-16(14)21-3/h4-8,18H,9-10H2,1-3H3. The van der Waals surface area contributed by atoms with Crippen LogP contribution in [0.1, 0.15) is 17.0 Å². The van der Waals surface area contributed by atoms with Gasteiger partial charge >= 0.3 is 0 Å². The van der Waals surface area contributed by atoms with Gasteiger partial charge in [0.25, 0.3) is 0 Å². The van der Waals surface area contributed by atoms with Crippen molar-refractivity contribution >= 4 is 11.6 Å². The van der Waals surface area contributed by atoms with Gasteiger partial charge in [-0.15, -0.1) is 0 Å². The zero-order chi connectivity index (χ0) is 15.2. The Morgan fingerprint density at radius 2 is 1.95 bits per heavy atom. The number of nitrogens with one attached hydrogen (secondary N) is 1. The molecule has 0 radical (unpaired) electrons. The molecule has 0 aliphatic heterocycles. The number of methoxy groups -OCH3 is 2. The highest BCUT2D eigenvalue weighted by molar-refractivity contribution is 6.31. The summed E-state index contributed by atoms with van der Waals surface area (Å²) in [7, 11) is 3.29. The number of benzene rings is 1. The van der Waals surface area contributed by atoms with Crippen molar-refractivity contribution in [2.75, 3.05) is 14.2 Å². The number of hydrogen-bond donors (Lipinski definition) is 1. The number of ether oxygens (including phenoxy) is 2. The Labute approximate surface area is 130 Å². The van der Waals surface area contributed by atoms with Crippen molar-refractivity contribution in [3.05, 3.63) is 52.3 Å². The average molecular weight is 307 g/mol. The second-order valence-electron chi connectivity index (χ2n) is 4.66. The van der Waals surface area contributed by atoms with Gasteiger partial charge in [0.15, 0.2) is 0 Å². The van der Waals surface area contributed by atoms with Crippen molar-refractivity contribution in [2.24, 2.45) is 0 Å². The van der Waals surface area contributed by atoms with Gasteiger partial charge in [-0.3, -0.25) is 4.98 Å². The van der Waals surface area contributed by atoms with Gasteiger partial charge in [-0.2, -0.15) is 0 Å². The van der Waals surface area contributed by atoms with Gasteiger partial charge in [0.1, 0.15) is 11.5 Å². The first-order chi connectivity index (χ1) is 10.1. The molecule has 1 heterocycles. The second-order valence-corrected chi connectivity index (χ2v) is 5.07. The molecule has 0 saturated carbocycles. The summed E-state index contributed by atoms with van der Waals surface area (Å²) in [5.74, 6) is 1.60. The third-order valence-electron chi connectivity index (χ3n) is 3.12. The molecule has 0 fully saturated rings. The topological polar surface area (TPSA) is 43.4 Å². The lowest BCUT2D eigenvalue weighted by molar-refractivity contribution is 0.407. The van der Waals surface area contributed by atoms with Crippen molar-refractivity contribution in [1.82, 2.24) is 10.3 Å². The molecule has 1 aromatic carbocycles. The van der Waals surface area contributed by atoms with Crippen LogP contribution in [0.3, 0.4) is 0 Å². The second kappa shape index (κ2) is 7.29. The van der Waals surface area contributed by atoms with Crippen molar-refractivity contribution in [3.63, 3.8) is 0 Å². The lowest BCUT2D eigenvalue weighted by atomic mass is 10.2. The molecule has 0 saturated heterocycles. The van der Waals surface area contributed by atoms with E-state index in [0.29, 0.717) is 18.1 Å². The molecule has 0 spiro atoms. The third kappa shape index (κ3) is 4.09. The third-order valence-corrected chi connectivity index (χ3v) is 3.47. The number of aromatic nitrogens is 1. The van der Waals surface area contributed by atoms with E-state index in [1.54, 1.807) is 14.2 Å². The molecular weight excluding hydrogens is 288 g/mol. The van der Waals surface area contributed by atoms with Crippen molar-refractivity contribution in [2.45, 2.75) is 20.0 Å². The lowest BCUT2D eigenvalue weighted by Gasteiger charge is -2.12. The van der Waals surface area contributed by atoms with E-state index in [2.05, 4.69) is 10.3 Å². The first-order valence-corrected chi connectivity index (χ1v) is 7.05.